The van der Waals surface area contributed by atoms with Crippen molar-refractivity contribution in [2.45, 2.75) is 26.9 Å². The number of hydrogen-bond acceptors (Lipinski definition) is 6. The Bertz CT molecular complexity index is 819. The molecule has 24 heavy (non-hydrogen) atoms. The van der Waals surface area contributed by atoms with Crippen molar-refractivity contribution < 1.29 is 4.74 Å². The summed E-state index contributed by atoms with van der Waals surface area (Å²) in [5, 5.41) is 11.7. The lowest BCUT2D eigenvalue weighted by molar-refractivity contribution is 0.297. The molecule has 0 aliphatic heterocycles. The Morgan fingerprint density at radius 3 is 2.54 bits per heavy atom. The Labute approximate surface area is 140 Å². The van der Waals surface area contributed by atoms with Crippen molar-refractivity contribution in [2.75, 3.05) is 12.4 Å². The normalized spacial score (nSPS) is 9.75. The zero-order valence-corrected chi connectivity index (χ0v) is 14.0. The molecule has 0 spiro atoms. The summed E-state index contributed by atoms with van der Waals surface area (Å²) < 4.78 is 5.70. The minimum atomic E-state index is 0.353. The van der Waals surface area contributed by atoms with E-state index in [4.69, 9.17) is 10.00 Å². The molecule has 1 aromatic carbocycles. The minimum Gasteiger partial charge on any atom is -0.471 e. The van der Waals surface area contributed by atoms with Crippen molar-refractivity contribution >= 4 is 17.1 Å². The van der Waals surface area contributed by atoms with E-state index in [0.29, 0.717) is 35.2 Å². The highest BCUT2D eigenvalue weighted by atomic mass is 16.5. The fourth-order valence-corrected chi connectivity index (χ4v) is 1.86. The van der Waals surface area contributed by atoms with Gasteiger partial charge in [0.25, 0.3) is 0 Å². The summed E-state index contributed by atoms with van der Waals surface area (Å²) in [7, 11) is 1.77. The van der Waals surface area contributed by atoms with Crippen LogP contribution in [0, 0.1) is 11.3 Å². The van der Waals surface area contributed by atoms with Crippen LogP contribution in [0.4, 0.5) is 5.95 Å². The molecule has 0 saturated heterocycles. The number of aromatic nitrogens is 4. The monoisotopic (exact) mass is 324 g/mol. The Hall–Kier alpha value is -3.14. The molecular formula is C17H20N6O. The van der Waals surface area contributed by atoms with E-state index in [1.54, 1.807) is 19.2 Å². The fourth-order valence-electron chi connectivity index (χ4n) is 1.86. The molecule has 0 atom stereocenters. The molecular weight excluding hydrogens is 304 g/mol. The van der Waals surface area contributed by atoms with E-state index in [0.717, 1.165) is 5.56 Å². The highest BCUT2D eigenvalue weighted by molar-refractivity contribution is 5.78. The first-order chi connectivity index (χ1) is 11.7. The van der Waals surface area contributed by atoms with Crippen LogP contribution in [-0.4, -0.2) is 27.0 Å². The average molecular weight is 324 g/mol. The van der Waals surface area contributed by atoms with Gasteiger partial charge in [-0.15, -0.1) is 0 Å². The summed E-state index contributed by atoms with van der Waals surface area (Å²) in [4.78, 5) is 15.5. The first kappa shape index (κ1) is 17.2. The van der Waals surface area contributed by atoms with Gasteiger partial charge < -0.3 is 15.0 Å². The Morgan fingerprint density at radius 1 is 1.21 bits per heavy atom. The Kier molecular flexibility index (Phi) is 6.08. The molecule has 0 fully saturated rings. The number of fused-ring (bicyclic) bond motifs is 1. The summed E-state index contributed by atoms with van der Waals surface area (Å²) in [6.07, 6.45) is 2.66. The number of imidazole rings is 1. The standard InChI is InChI=1S/C14H12N6O.C3H8/c1-16-14-19-11-12(20-14)17-8-18-13(11)21-7-10-4-2-9(6-15)3-5-10;1-3-2/h2-5,8H,7H2,1H3,(H2,16,17,18,19,20);3H2,1-2H3. The highest BCUT2D eigenvalue weighted by Crippen LogP contribution is 2.21. The summed E-state index contributed by atoms with van der Waals surface area (Å²) in [5.74, 6) is 1.05. The van der Waals surface area contributed by atoms with Crippen LogP contribution in [0.2, 0.25) is 0 Å². The molecule has 3 rings (SSSR count). The number of aromatic amines is 1. The first-order valence-corrected chi connectivity index (χ1v) is 7.72. The van der Waals surface area contributed by atoms with Crippen molar-refractivity contribution in [2.24, 2.45) is 0 Å². The van der Waals surface area contributed by atoms with E-state index in [2.05, 4.69) is 45.2 Å². The van der Waals surface area contributed by atoms with Crippen molar-refractivity contribution in [3.05, 3.63) is 41.7 Å². The number of nitriles is 1. The van der Waals surface area contributed by atoms with E-state index in [1.165, 1.54) is 12.7 Å². The Morgan fingerprint density at radius 2 is 1.92 bits per heavy atom. The van der Waals surface area contributed by atoms with Crippen molar-refractivity contribution in [3.63, 3.8) is 0 Å². The summed E-state index contributed by atoms with van der Waals surface area (Å²) in [5.41, 5.74) is 2.77. The molecule has 0 amide bonds. The van der Waals surface area contributed by atoms with Gasteiger partial charge >= 0.3 is 0 Å². The third-order valence-corrected chi connectivity index (χ3v) is 2.95. The van der Waals surface area contributed by atoms with Gasteiger partial charge in [0, 0.05) is 7.05 Å². The maximum absolute atomic E-state index is 8.77. The Balaban J connectivity index is 0.000000647. The van der Waals surface area contributed by atoms with Gasteiger partial charge in [-0.2, -0.15) is 15.2 Å². The number of nitrogens with one attached hydrogen (secondary N) is 2. The number of ether oxygens (including phenoxy) is 1. The van der Waals surface area contributed by atoms with E-state index in [1.807, 2.05) is 12.1 Å². The van der Waals surface area contributed by atoms with Crippen LogP contribution in [0.25, 0.3) is 11.2 Å². The molecule has 3 aromatic rings. The number of nitrogens with zero attached hydrogens (tertiary/aromatic N) is 4. The molecule has 0 bridgehead atoms. The van der Waals surface area contributed by atoms with Crippen LogP contribution in [0.1, 0.15) is 31.4 Å². The quantitative estimate of drug-likeness (QED) is 0.764. The summed E-state index contributed by atoms with van der Waals surface area (Å²) >= 11 is 0. The lowest BCUT2D eigenvalue weighted by atomic mass is 10.2. The second-order valence-corrected chi connectivity index (χ2v) is 5.02. The number of rotatable bonds is 4. The van der Waals surface area contributed by atoms with Crippen molar-refractivity contribution in [3.8, 4) is 11.9 Å². The van der Waals surface area contributed by atoms with Crippen LogP contribution in [0.3, 0.4) is 0 Å². The molecule has 2 aromatic heterocycles. The third kappa shape index (κ3) is 4.20. The van der Waals surface area contributed by atoms with Gasteiger partial charge in [-0.1, -0.05) is 32.4 Å². The van der Waals surface area contributed by atoms with Crippen LogP contribution in [0.5, 0.6) is 5.88 Å². The largest absolute Gasteiger partial charge is 0.471 e. The van der Waals surface area contributed by atoms with E-state index < -0.39 is 0 Å². The molecule has 0 saturated carbocycles. The maximum atomic E-state index is 8.77. The summed E-state index contributed by atoms with van der Waals surface area (Å²) in [6.45, 7) is 4.60. The first-order valence-electron chi connectivity index (χ1n) is 7.72. The third-order valence-electron chi connectivity index (χ3n) is 2.95. The lowest BCUT2D eigenvalue weighted by Crippen LogP contribution is -1.98. The van der Waals surface area contributed by atoms with Crippen LogP contribution >= 0.6 is 0 Å². The molecule has 124 valence electrons. The topological polar surface area (TPSA) is 99.5 Å². The van der Waals surface area contributed by atoms with Gasteiger partial charge in [0.05, 0.1) is 11.6 Å². The molecule has 0 unspecified atom stereocenters. The molecule has 0 aliphatic rings. The van der Waals surface area contributed by atoms with E-state index >= 15 is 0 Å². The van der Waals surface area contributed by atoms with Crippen LogP contribution in [-0.2, 0) is 6.61 Å². The second kappa shape index (κ2) is 8.48. The zero-order chi connectivity index (χ0) is 17.4. The molecule has 0 aliphatic carbocycles. The van der Waals surface area contributed by atoms with Gasteiger partial charge in [-0.25, -0.2) is 4.98 Å². The molecule has 7 heteroatoms. The van der Waals surface area contributed by atoms with Gasteiger partial charge in [0.1, 0.15) is 18.5 Å². The maximum Gasteiger partial charge on any atom is 0.243 e. The number of anilines is 1. The van der Waals surface area contributed by atoms with E-state index in [9.17, 15) is 0 Å². The molecule has 2 N–H and O–H groups in total. The highest BCUT2D eigenvalue weighted by Gasteiger charge is 2.10. The van der Waals surface area contributed by atoms with Crippen molar-refractivity contribution in [1.29, 1.82) is 5.26 Å². The molecule has 0 radical (unpaired) electrons. The minimum absolute atomic E-state index is 0.353. The lowest BCUT2D eigenvalue weighted by Gasteiger charge is -2.05. The van der Waals surface area contributed by atoms with Crippen molar-refractivity contribution in [1.82, 2.24) is 19.9 Å². The predicted molar refractivity (Wildman–Crippen MR) is 92.7 cm³/mol. The average Bonchev–Trinajstić information content (AvgIpc) is 3.05. The van der Waals surface area contributed by atoms with Gasteiger partial charge in [0.15, 0.2) is 5.65 Å². The summed E-state index contributed by atoms with van der Waals surface area (Å²) in [6, 6.07) is 9.29. The SMILES string of the molecule is CCC.CNc1nc2ncnc(OCc3ccc(C#N)cc3)c2[nH]1. The second-order valence-electron chi connectivity index (χ2n) is 5.02. The van der Waals surface area contributed by atoms with Gasteiger partial charge in [0.2, 0.25) is 11.8 Å². The smallest absolute Gasteiger partial charge is 0.243 e. The van der Waals surface area contributed by atoms with E-state index in [-0.39, 0.29) is 0 Å². The van der Waals surface area contributed by atoms with Crippen LogP contribution in [0.15, 0.2) is 30.6 Å². The fraction of sp³-hybridized carbons (Fsp3) is 0.294. The number of hydrogen-bond donors (Lipinski definition) is 2. The molecule has 7 nitrogen and oxygen atoms in total. The van der Waals surface area contributed by atoms with Crippen LogP contribution < -0.4 is 10.1 Å². The van der Waals surface area contributed by atoms with Gasteiger partial charge in [-0.05, 0) is 17.7 Å². The zero-order valence-electron chi connectivity index (χ0n) is 14.0. The molecule has 2 heterocycles. The van der Waals surface area contributed by atoms with Gasteiger partial charge in [-0.3, -0.25) is 0 Å². The number of H-pyrrole nitrogens is 1. The number of benzene rings is 1. The predicted octanol–water partition coefficient (Wildman–Crippen LogP) is 3.26.